The minimum Gasteiger partial charge on any atom is -0.380 e. The van der Waals surface area contributed by atoms with Crippen molar-refractivity contribution in [2.45, 2.75) is 43.7 Å². The highest BCUT2D eigenvalue weighted by molar-refractivity contribution is 7.89. The number of benzene rings is 1. The number of methoxy groups -OCH3 is 1. The largest absolute Gasteiger partial charge is 0.380 e. The molecule has 0 fully saturated rings. The van der Waals surface area contributed by atoms with Crippen molar-refractivity contribution in [3.63, 3.8) is 0 Å². The molecule has 1 rings (SSSR count). The predicted molar refractivity (Wildman–Crippen MR) is 89.4 cm³/mol. The Labute approximate surface area is 133 Å². The number of hydrogen-bond acceptors (Lipinski definition) is 5. The number of rotatable bonds is 9. The van der Waals surface area contributed by atoms with Gasteiger partial charge in [0.1, 0.15) is 4.90 Å². The van der Waals surface area contributed by atoms with E-state index in [1.54, 1.807) is 25.3 Å². The molecular weight excluding hydrogens is 302 g/mol. The van der Waals surface area contributed by atoms with Crippen LogP contribution in [0.25, 0.3) is 0 Å². The highest BCUT2D eigenvalue weighted by Gasteiger charge is 2.21. The van der Waals surface area contributed by atoms with Gasteiger partial charge in [-0.25, -0.2) is 13.6 Å². The molecule has 6 nitrogen and oxygen atoms in total. The summed E-state index contributed by atoms with van der Waals surface area (Å²) in [6, 6.07) is 6.53. The zero-order valence-corrected chi connectivity index (χ0v) is 14.3. The summed E-state index contributed by atoms with van der Waals surface area (Å²) in [6.45, 7) is 5.20. The molecule has 0 bridgehead atoms. The summed E-state index contributed by atoms with van der Waals surface area (Å²) in [5.41, 5.74) is 6.74. The Bertz CT molecular complexity index is 563. The summed E-state index contributed by atoms with van der Waals surface area (Å²) in [7, 11) is -2.17. The summed E-state index contributed by atoms with van der Waals surface area (Å²) < 4.78 is 28.9. The monoisotopic (exact) mass is 329 g/mol. The highest BCUT2D eigenvalue weighted by atomic mass is 32.2. The fourth-order valence-corrected chi connectivity index (χ4v) is 2.95. The van der Waals surface area contributed by atoms with Gasteiger partial charge in [0.2, 0.25) is 10.0 Å². The number of nitrogens with zero attached hydrogens (tertiary/aromatic N) is 1. The summed E-state index contributed by atoms with van der Waals surface area (Å²) >= 11 is 0. The van der Waals surface area contributed by atoms with E-state index in [4.69, 9.17) is 15.6 Å². The third-order valence-electron chi connectivity index (χ3n) is 3.70. The number of anilines is 1. The van der Waals surface area contributed by atoms with Gasteiger partial charge in [0.05, 0.1) is 11.8 Å². The molecule has 0 spiro atoms. The van der Waals surface area contributed by atoms with Gasteiger partial charge < -0.3 is 15.4 Å². The molecule has 126 valence electrons. The molecule has 1 aromatic carbocycles. The molecule has 2 atom stereocenters. The lowest BCUT2D eigenvalue weighted by molar-refractivity contribution is 0.0971. The van der Waals surface area contributed by atoms with Crippen LogP contribution < -0.4 is 15.8 Å². The van der Waals surface area contributed by atoms with Crippen molar-refractivity contribution in [2.24, 2.45) is 10.9 Å². The minimum atomic E-state index is -3.78. The first-order valence-electron chi connectivity index (χ1n) is 7.46. The van der Waals surface area contributed by atoms with Gasteiger partial charge in [-0.15, -0.1) is 0 Å². The van der Waals surface area contributed by atoms with Crippen molar-refractivity contribution in [3.8, 4) is 0 Å². The van der Waals surface area contributed by atoms with Crippen molar-refractivity contribution in [1.29, 1.82) is 0 Å². The summed E-state index contributed by atoms with van der Waals surface area (Å²) in [5.74, 6) is 0. The molecule has 0 radical (unpaired) electrons. The fraction of sp³-hybridized carbons (Fsp3) is 0.600. The van der Waals surface area contributed by atoms with Gasteiger partial charge in [-0.1, -0.05) is 25.5 Å². The summed E-state index contributed by atoms with van der Waals surface area (Å²) in [6.07, 6.45) is 1.82. The van der Waals surface area contributed by atoms with Gasteiger partial charge >= 0.3 is 0 Å². The van der Waals surface area contributed by atoms with Crippen molar-refractivity contribution < 1.29 is 13.2 Å². The lowest BCUT2D eigenvalue weighted by Crippen LogP contribution is -2.45. The Morgan fingerprint density at radius 2 is 1.95 bits per heavy atom. The van der Waals surface area contributed by atoms with Gasteiger partial charge in [0.25, 0.3) is 0 Å². The van der Waals surface area contributed by atoms with Crippen molar-refractivity contribution in [3.05, 3.63) is 24.3 Å². The number of hydrogen-bond donors (Lipinski definition) is 2. The standard InChI is InChI=1S/C15H27N3O3S/c1-4-5-10-18(11-13(16)12(2)21-3)14-8-6-7-9-15(14)22(17,19)20/h6-9,12-13H,4-5,10-11,16H2,1-3H3,(H2,17,19,20). The predicted octanol–water partition coefficient (Wildman–Crippen LogP) is 1.30. The van der Waals surface area contributed by atoms with E-state index in [0.29, 0.717) is 18.8 Å². The van der Waals surface area contributed by atoms with E-state index in [9.17, 15) is 8.42 Å². The maximum Gasteiger partial charge on any atom is 0.240 e. The molecule has 22 heavy (non-hydrogen) atoms. The summed E-state index contributed by atoms with van der Waals surface area (Å²) in [5, 5.41) is 5.33. The number of nitrogens with two attached hydrogens (primary N) is 2. The lowest BCUT2D eigenvalue weighted by atomic mass is 10.1. The topological polar surface area (TPSA) is 98.6 Å². The van der Waals surface area contributed by atoms with Crippen LogP contribution in [0.5, 0.6) is 0 Å². The number of para-hydroxylation sites is 1. The molecule has 7 heteroatoms. The zero-order valence-electron chi connectivity index (χ0n) is 13.5. The molecule has 4 N–H and O–H groups in total. The number of sulfonamides is 1. The molecule has 1 aromatic rings. The Morgan fingerprint density at radius 1 is 1.32 bits per heavy atom. The second-order valence-electron chi connectivity index (χ2n) is 5.42. The van der Waals surface area contributed by atoms with Crippen LogP contribution in [0.15, 0.2) is 29.2 Å². The van der Waals surface area contributed by atoms with Crippen molar-refractivity contribution >= 4 is 15.7 Å². The van der Waals surface area contributed by atoms with Crippen LogP contribution in [-0.4, -0.2) is 40.8 Å². The van der Waals surface area contributed by atoms with Gasteiger partial charge in [-0.05, 0) is 25.5 Å². The van der Waals surface area contributed by atoms with Crippen LogP contribution in [0.1, 0.15) is 26.7 Å². The van der Waals surface area contributed by atoms with Crippen molar-refractivity contribution in [1.82, 2.24) is 0 Å². The van der Waals surface area contributed by atoms with E-state index in [1.165, 1.54) is 6.07 Å². The summed E-state index contributed by atoms with van der Waals surface area (Å²) in [4.78, 5) is 2.10. The molecule has 0 aliphatic heterocycles. The minimum absolute atomic E-state index is 0.120. The molecule has 0 aliphatic rings. The fourth-order valence-electron chi connectivity index (χ4n) is 2.20. The second-order valence-corrected chi connectivity index (χ2v) is 6.95. The molecule has 0 saturated carbocycles. The average molecular weight is 329 g/mol. The first-order valence-corrected chi connectivity index (χ1v) is 9.01. The molecule has 2 unspecified atom stereocenters. The van der Waals surface area contributed by atoms with Gasteiger partial charge in [0, 0.05) is 26.2 Å². The van der Waals surface area contributed by atoms with Gasteiger partial charge in [-0.2, -0.15) is 0 Å². The maximum absolute atomic E-state index is 11.8. The SMILES string of the molecule is CCCCN(CC(N)C(C)OC)c1ccccc1S(N)(=O)=O. The van der Waals surface area contributed by atoms with Crippen LogP contribution in [0.4, 0.5) is 5.69 Å². The third kappa shape index (κ3) is 5.24. The Balaban J connectivity index is 3.12. The van der Waals surface area contributed by atoms with E-state index in [-0.39, 0.29) is 17.0 Å². The third-order valence-corrected chi connectivity index (χ3v) is 4.66. The quantitative estimate of drug-likeness (QED) is 0.711. The number of unbranched alkanes of at least 4 members (excludes halogenated alkanes) is 1. The second kappa shape index (κ2) is 8.47. The molecule has 0 amide bonds. The maximum atomic E-state index is 11.8. The normalized spacial score (nSPS) is 14.6. The van der Waals surface area contributed by atoms with Crippen LogP contribution in [0.3, 0.4) is 0 Å². The molecule has 0 aromatic heterocycles. The van der Waals surface area contributed by atoms with Gasteiger partial charge in [0.15, 0.2) is 0 Å². The lowest BCUT2D eigenvalue weighted by Gasteiger charge is -2.31. The van der Waals surface area contributed by atoms with Crippen LogP contribution >= 0.6 is 0 Å². The van der Waals surface area contributed by atoms with E-state index >= 15 is 0 Å². The highest BCUT2D eigenvalue weighted by Crippen LogP contribution is 2.24. The van der Waals surface area contributed by atoms with Crippen molar-refractivity contribution in [2.75, 3.05) is 25.1 Å². The first kappa shape index (κ1) is 18.9. The Morgan fingerprint density at radius 3 is 2.50 bits per heavy atom. The number of ether oxygens (including phenoxy) is 1. The number of primary sulfonamides is 1. The zero-order chi connectivity index (χ0) is 16.8. The van der Waals surface area contributed by atoms with Gasteiger partial charge in [-0.3, -0.25) is 0 Å². The Hall–Kier alpha value is -1.15. The van der Waals surface area contributed by atoms with E-state index in [0.717, 1.165) is 12.8 Å². The molecule has 0 aliphatic carbocycles. The van der Waals surface area contributed by atoms with E-state index in [2.05, 4.69) is 6.92 Å². The van der Waals surface area contributed by atoms with Crippen LogP contribution in [-0.2, 0) is 14.8 Å². The first-order chi connectivity index (χ1) is 10.3. The average Bonchev–Trinajstić information content (AvgIpc) is 2.49. The molecular formula is C15H27N3O3S. The van der Waals surface area contributed by atoms with E-state index < -0.39 is 10.0 Å². The van der Waals surface area contributed by atoms with E-state index in [1.807, 2.05) is 11.8 Å². The molecule has 0 saturated heterocycles. The smallest absolute Gasteiger partial charge is 0.240 e. The van der Waals surface area contributed by atoms with Crippen LogP contribution in [0, 0.1) is 0 Å². The van der Waals surface area contributed by atoms with Crippen LogP contribution in [0.2, 0.25) is 0 Å². The molecule has 0 heterocycles. The Kier molecular flexibility index (Phi) is 7.28.